The number of anilines is 2. The molecule has 2 amide bonds. The lowest BCUT2D eigenvalue weighted by Crippen LogP contribution is -2.49. The summed E-state index contributed by atoms with van der Waals surface area (Å²) < 4.78 is 11.3. The Balaban J connectivity index is 1.18. The van der Waals surface area contributed by atoms with Crippen molar-refractivity contribution < 1.29 is 23.9 Å². The van der Waals surface area contributed by atoms with Gasteiger partial charge >= 0.3 is 6.09 Å². The van der Waals surface area contributed by atoms with Gasteiger partial charge in [-0.1, -0.05) is 24.3 Å². The second kappa shape index (κ2) is 13.6. The largest absolute Gasteiger partial charge is 0.444 e. The summed E-state index contributed by atoms with van der Waals surface area (Å²) in [6, 6.07) is 13.8. The number of amides is 2. The molecule has 1 aliphatic carbocycles. The molecule has 3 aliphatic rings. The van der Waals surface area contributed by atoms with Crippen LogP contribution in [0, 0.1) is 0 Å². The Morgan fingerprint density at radius 1 is 1.02 bits per heavy atom. The van der Waals surface area contributed by atoms with Gasteiger partial charge in [-0.25, -0.2) is 14.6 Å². The first kappa shape index (κ1) is 32.2. The third-order valence-electron chi connectivity index (χ3n) is 8.71. The number of hydrogen-bond acceptors (Lipinski definition) is 8. The molecule has 1 unspecified atom stereocenters. The van der Waals surface area contributed by atoms with E-state index in [4.69, 9.17) is 14.5 Å². The molecule has 1 aromatic heterocycles. The molecule has 11 nitrogen and oxygen atoms in total. The van der Waals surface area contributed by atoms with E-state index in [1.165, 1.54) is 12.7 Å². The second-order valence-corrected chi connectivity index (χ2v) is 13.1. The molecule has 0 radical (unpaired) electrons. The summed E-state index contributed by atoms with van der Waals surface area (Å²) in [6.45, 7) is 9.45. The van der Waals surface area contributed by atoms with Crippen molar-refractivity contribution in [2.75, 3.05) is 50.1 Å². The predicted octanol–water partition coefficient (Wildman–Crippen LogP) is 4.99. The zero-order chi connectivity index (χ0) is 33.1. The highest BCUT2D eigenvalue weighted by molar-refractivity contribution is 6.09. The monoisotopic (exact) mass is 638 g/mol. The van der Waals surface area contributed by atoms with Gasteiger partial charge in [0.1, 0.15) is 29.0 Å². The molecule has 0 spiro atoms. The average molecular weight is 639 g/mol. The van der Waals surface area contributed by atoms with Crippen LogP contribution in [0.15, 0.2) is 71.5 Å². The van der Waals surface area contributed by atoms with E-state index in [1.807, 2.05) is 57.2 Å². The first-order chi connectivity index (χ1) is 22.6. The Kier molecular flexibility index (Phi) is 9.31. The van der Waals surface area contributed by atoms with Crippen molar-refractivity contribution in [3.05, 3.63) is 82.8 Å². The van der Waals surface area contributed by atoms with Crippen LogP contribution in [0.1, 0.15) is 45.0 Å². The van der Waals surface area contributed by atoms with Gasteiger partial charge in [0, 0.05) is 45.5 Å². The lowest BCUT2D eigenvalue weighted by Gasteiger charge is -2.35. The van der Waals surface area contributed by atoms with Crippen molar-refractivity contribution >= 4 is 40.3 Å². The van der Waals surface area contributed by atoms with Gasteiger partial charge in [-0.15, -0.1) is 0 Å². The predicted molar refractivity (Wildman–Crippen MR) is 181 cm³/mol. The lowest BCUT2D eigenvalue weighted by atomic mass is 9.92. The minimum Gasteiger partial charge on any atom is -0.444 e. The van der Waals surface area contributed by atoms with E-state index in [-0.39, 0.29) is 12.0 Å². The molecule has 2 aliphatic heterocycles. The zero-order valence-corrected chi connectivity index (χ0v) is 27.5. The molecule has 3 heterocycles. The average Bonchev–Trinajstić information content (AvgIpc) is 3.35. The molecule has 1 atom stereocenters. The number of carbonyl (C=O) groups is 2. The molecular weight excluding hydrogens is 596 g/mol. The summed E-state index contributed by atoms with van der Waals surface area (Å²) in [5, 5.41) is 3.01. The zero-order valence-electron chi connectivity index (χ0n) is 27.5. The van der Waals surface area contributed by atoms with Crippen LogP contribution in [0.5, 0.6) is 0 Å². The molecule has 11 heteroatoms. The van der Waals surface area contributed by atoms with E-state index in [0.717, 1.165) is 42.8 Å². The molecule has 6 rings (SSSR count). The van der Waals surface area contributed by atoms with Gasteiger partial charge < -0.3 is 29.6 Å². The number of imidazole rings is 1. The molecule has 1 fully saturated rings. The van der Waals surface area contributed by atoms with Crippen molar-refractivity contribution in [1.82, 2.24) is 19.8 Å². The Morgan fingerprint density at radius 3 is 2.55 bits per heavy atom. The number of methoxy groups -OCH3 is 1. The summed E-state index contributed by atoms with van der Waals surface area (Å²) >= 11 is 0. The molecule has 0 bridgehead atoms. The third-order valence-corrected chi connectivity index (χ3v) is 8.71. The van der Waals surface area contributed by atoms with Crippen molar-refractivity contribution in [3.63, 3.8) is 0 Å². The molecule has 3 aromatic rings. The van der Waals surface area contributed by atoms with E-state index < -0.39 is 11.7 Å². The number of hydrogen-bond donors (Lipinski definition) is 2. The van der Waals surface area contributed by atoms with Gasteiger partial charge in [0.15, 0.2) is 0 Å². The lowest BCUT2D eigenvalue weighted by molar-refractivity contribution is -0.113. The number of nitrogens with zero attached hydrogens (tertiary/aromatic N) is 4. The molecule has 246 valence electrons. The van der Waals surface area contributed by atoms with E-state index in [2.05, 4.69) is 38.2 Å². The van der Waals surface area contributed by atoms with E-state index in [0.29, 0.717) is 60.8 Å². The summed E-state index contributed by atoms with van der Waals surface area (Å²) in [4.78, 5) is 52.9. The van der Waals surface area contributed by atoms with Crippen LogP contribution in [-0.2, 0) is 32.0 Å². The number of nitrogens with one attached hydrogen (secondary N) is 2. The second-order valence-electron chi connectivity index (χ2n) is 13.1. The normalized spacial score (nSPS) is 19.0. The van der Waals surface area contributed by atoms with Crippen LogP contribution in [0.4, 0.5) is 16.2 Å². The SMILES string of the molecule is COC1C(=C=O)C(N2CCCCc3ccccc32)=CC=C1C(=O)Nc1cccc2[nH]c(CN3CCN(C(=O)OC(C)(C)C)CC3)nc12. The number of ether oxygens (including phenoxy) is 2. The quantitative estimate of drug-likeness (QED) is 0.363. The number of piperazine rings is 1. The maximum Gasteiger partial charge on any atom is 0.410 e. The molecule has 0 saturated carbocycles. The number of aryl methyl sites for hydroxylation is 1. The maximum absolute atomic E-state index is 13.7. The fraction of sp³-hybridized carbons (Fsp3) is 0.417. The molecule has 1 saturated heterocycles. The molecule has 47 heavy (non-hydrogen) atoms. The van der Waals surface area contributed by atoms with E-state index in [9.17, 15) is 14.4 Å². The van der Waals surface area contributed by atoms with Crippen LogP contribution in [0.3, 0.4) is 0 Å². The Hall–Kier alpha value is -4.70. The topological polar surface area (TPSA) is 120 Å². The Bertz CT molecular complexity index is 1770. The van der Waals surface area contributed by atoms with Crippen LogP contribution >= 0.6 is 0 Å². The van der Waals surface area contributed by atoms with E-state index >= 15 is 0 Å². The summed E-state index contributed by atoms with van der Waals surface area (Å²) in [7, 11) is 1.50. The van der Waals surface area contributed by atoms with Gasteiger partial charge in [-0.2, -0.15) is 0 Å². The number of allylic oxidation sites excluding steroid dienone is 2. The highest BCUT2D eigenvalue weighted by atomic mass is 16.6. The number of fused-ring (bicyclic) bond motifs is 2. The van der Waals surface area contributed by atoms with Crippen molar-refractivity contribution in [1.29, 1.82) is 0 Å². The number of H-pyrrole nitrogens is 1. The maximum atomic E-state index is 13.7. The summed E-state index contributed by atoms with van der Waals surface area (Å²) in [5.74, 6) is 2.48. The van der Waals surface area contributed by atoms with Gasteiger partial charge in [0.05, 0.1) is 34.6 Å². The van der Waals surface area contributed by atoms with Crippen LogP contribution in [-0.4, -0.2) is 89.2 Å². The van der Waals surface area contributed by atoms with Crippen LogP contribution in [0.25, 0.3) is 11.0 Å². The first-order valence-electron chi connectivity index (χ1n) is 16.2. The number of aromatic nitrogens is 2. The number of carbonyl (C=O) groups excluding carboxylic acids is 3. The smallest absolute Gasteiger partial charge is 0.410 e. The molecule has 2 N–H and O–H groups in total. The highest BCUT2D eigenvalue weighted by Gasteiger charge is 2.34. The minimum absolute atomic E-state index is 0.292. The van der Waals surface area contributed by atoms with Crippen molar-refractivity contribution in [2.45, 2.75) is 58.3 Å². The van der Waals surface area contributed by atoms with Gasteiger partial charge in [0.25, 0.3) is 5.91 Å². The fourth-order valence-electron chi connectivity index (χ4n) is 6.44. The minimum atomic E-state index is -0.879. The Labute approximate surface area is 274 Å². The standard InChI is InChI=1S/C36H42N6O5/c1-36(2,3)47-35(45)41-20-18-40(19-21-41)22-31-37-27-12-9-13-28(32(27)39-31)38-34(44)25-15-16-30(26(23-43)33(25)46-4)42-17-8-7-11-24-10-5-6-14-29(24)42/h5-6,9-10,12-16,33H,7-8,11,17-22H2,1-4H3,(H,37,39)(H,38,44). The third kappa shape index (κ3) is 7.02. The van der Waals surface area contributed by atoms with E-state index in [1.54, 1.807) is 11.0 Å². The van der Waals surface area contributed by atoms with Gasteiger partial charge in [-0.3, -0.25) is 9.69 Å². The highest BCUT2D eigenvalue weighted by Crippen LogP contribution is 2.36. The molecular formula is C36H42N6O5. The number of rotatable bonds is 6. The Morgan fingerprint density at radius 2 is 1.81 bits per heavy atom. The van der Waals surface area contributed by atoms with Crippen molar-refractivity contribution in [2.24, 2.45) is 0 Å². The first-order valence-corrected chi connectivity index (χ1v) is 16.2. The molecule has 2 aromatic carbocycles. The number of aromatic amines is 1. The van der Waals surface area contributed by atoms with Gasteiger partial charge in [0.2, 0.25) is 0 Å². The summed E-state index contributed by atoms with van der Waals surface area (Å²) in [5.41, 5.74) is 5.05. The van der Waals surface area contributed by atoms with Crippen LogP contribution in [0.2, 0.25) is 0 Å². The number of para-hydroxylation sites is 2. The summed E-state index contributed by atoms with van der Waals surface area (Å²) in [6.07, 6.45) is 5.40. The van der Waals surface area contributed by atoms with Crippen LogP contribution < -0.4 is 10.2 Å². The fourth-order valence-corrected chi connectivity index (χ4v) is 6.44. The van der Waals surface area contributed by atoms with Gasteiger partial charge in [-0.05, 0) is 75.9 Å². The number of benzene rings is 2. The van der Waals surface area contributed by atoms with Crippen molar-refractivity contribution in [3.8, 4) is 0 Å².